The second-order valence-electron chi connectivity index (χ2n) is 2.92. The Hall–Kier alpha value is -1.68. The lowest BCUT2D eigenvalue weighted by molar-refractivity contribution is 0.104. The van der Waals surface area contributed by atoms with Gasteiger partial charge in [0.25, 0.3) is 0 Å². The molecule has 2 rings (SSSR count). The van der Waals surface area contributed by atoms with Crippen molar-refractivity contribution < 1.29 is 9.53 Å². The molecule has 15 heavy (non-hydrogen) atoms. The topological polar surface area (TPSA) is 39.2 Å². The third-order valence-electron chi connectivity index (χ3n) is 1.96. The van der Waals surface area contributed by atoms with Crippen LogP contribution in [0.15, 0.2) is 36.0 Å². The summed E-state index contributed by atoms with van der Waals surface area (Å²) in [6.07, 6.45) is 3.21. The van der Waals surface area contributed by atoms with Crippen molar-refractivity contribution in [2.24, 2.45) is 0 Å². The largest absolute Gasteiger partial charge is 0.496 e. The van der Waals surface area contributed by atoms with Crippen LogP contribution < -0.4 is 4.74 Å². The number of carbonyl (C=O) groups excluding carboxylic acids is 1. The fraction of sp³-hybridized carbons (Fsp3) is 0.0909. The van der Waals surface area contributed by atoms with Crippen LogP contribution >= 0.6 is 11.3 Å². The molecule has 2 heterocycles. The lowest BCUT2D eigenvalue weighted by Crippen LogP contribution is -1.98. The number of ether oxygens (including phenoxy) is 1. The molecule has 0 radical (unpaired) electrons. The molecule has 3 nitrogen and oxygen atoms in total. The number of methoxy groups -OCH3 is 1. The first-order valence-corrected chi connectivity index (χ1v) is 5.26. The van der Waals surface area contributed by atoms with Crippen molar-refractivity contribution in [1.82, 2.24) is 4.98 Å². The normalized spacial score (nSPS) is 9.93. The van der Waals surface area contributed by atoms with Gasteiger partial charge in [0, 0.05) is 29.4 Å². The van der Waals surface area contributed by atoms with Crippen molar-refractivity contribution >= 4 is 17.1 Å². The first-order valence-electron chi connectivity index (χ1n) is 4.38. The Morgan fingerprint density at radius 3 is 3.00 bits per heavy atom. The van der Waals surface area contributed by atoms with Crippen molar-refractivity contribution in [3.63, 3.8) is 0 Å². The zero-order valence-corrected chi connectivity index (χ0v) is 8.95. The maximum atomic E-state index is 11.9. The number of pyridine rings is 1. The molecule has 0 saturated carbocycles. The quantitative estimate of drug-likeness (QED) is 0.744. The van der Waals surface area contributed by atoms with Crippen LogP contribution in [0.3, 0.4) is 0 Å². The van der Waals surface area contributed by atoms with E-state index in [1.54, 1.807) is 37.7 Å². The highest BCUT2D eigenvalue weighted by molar-refractivity contribution is 7.12. The van der Waals surface area contributed by atoms with Crippen molar-refractivity contribution in [3.05, 3.63) is 46.4 Å². The minimum atomic E-state index is -0.0172. The molecule has 2 aromatic heterocycles. The number of hydrogen-bond donors (Lipinski definition) is 0. The highest BCUT2D eigenvalue weighted by Gasteiger charge is 2.11. The smallest absolute Gasteiger partial charge is 0.204 e. The van der Waals surface area contributed by atoms with Gasteiger partial charge in [0.05, 0.1) is 12.0 Å². The molecule has 0 spiro atoms. The van der Waals surface area contributed by atoms with E-state index in [0.29, 0.717) is 16.2 Å². The average Bonchev–Trinajstić information content (AvgIpc) is 2.78. The van der Waals surface area contributed by atoms with Gasteiger partial charge in [-0.3, -0.25) is 9.78 Å². The summed E-state index contributed by atoms with van der Waals surface area (Å²) in [7, 11) is 1.58. The average molecular weight is 219 g/mol. The minimum absolute atomic E-state index is 0.0172. The second-order valence-corrected chi connectivity index (χ2v) is 3.83. The molecular weight excluding hydrogens is 210 g/mol. The van der Waals surface area contributed by atoms with Crippen LogP contribution in [0.25, 0.3) is 0 Å². The third kappa shape index (κ3) is 2.05. The highest BCUT2D eigenvalue weighted by Crippen LogP contribution is 2.23. The van der Waals surface area contributed by atoms with Crippen LogP contribution in [0.2, 0.25) is 0 Å². The maximum absolute atomic E-state index is 11.9. The number of aromatic nitrogens is 1. The van der Waals surface area contributed by atoms with Gasteiger partial charge in [0.15, 0.2) is 0 Å². The molecule has 0 amide bonds. The zero-order valence-electron chi connectivity index (χ0n) is 8.14. The number of hydrogen-bond acceptors (Lipinski definition) is 4. The van der Waals surface area contributed by atoms with Crippen molar-refractivity contribution in [2.45, 2.75) is 0 Å². The fourth-order valence-corrected chi connectivity index (χ4v) is 2.00. The number of carbonyl (C=O) groups is 1. The molecule has 2 aromatic rings. The van der Waals surface area contributed by atoms with E-state index in [0.717, 1.165) is 0 Å². The predicted molar refractivity (Wildman–Crippen MR) is 58.5 cm³/mol. The van der Waals surface area contributed by atoms with Gasteiger partial charge in [-0.1, -0.05) is 0 Å². The van der Waals surface area contributed by atoms with Crippen LogP contribution in [0.5, 0.6) is 5.75 Å². The minimum Gasteiger partial charge on any atom is -0.496 e. The molecule has 0 aliphatic rings. The van der Waals surface area contributed by atoms with E-state index in [-0.39, 0.29) is 5.78 Å². The molecule has 0 unspecified atom stereocenters. The van der Waals surface area contributed by atoms with Gasteiger partial charge in [-0.05, 0) is 12.1 Å². The molecular formula is C11H9NO2S. The summed E-state index contributed by atoms with van der Waals surface area (Å²) in [5.41, 5.74) is 0.599. The number of rotatable bonds is 3. The standard InChI is InChI=1S/C11H9NO2S/c1-14-9-5-10(15-7-9)11(13)8-3-2-4-12-6-8/h2-7H,1H3. The van der Waals surface area contributed by atoms with Crippen LogP contribution in [0.1, 0.15) is 15.2 Å². The molecule has 0 bridgehead atoms. The van der Waals surface area contributed by atoms with Gasteiger partial charge in [0.1, 0.15) is 5.75 Å². The van der Waals surface area contributed by atoms with E-state index in [9.17, 15) is 4.79 Å². The second kappa shape index (κ2) is 4.23. The van der Waals surface area contributed by atoms with Crippen molar-refractivity contribution in [1.29, 1.82) is 0 Å². The van der Waals surface area contributed by atoms with Crippen molar-refractivity contribution in [2.75, 3.05) is 7.11 Å². The van der Waals surface area contributed by atoms with Gasteiger partial charge in [0.2, 0.25) is 5.78 Å². The molecule has 0 aliphatic heterocycles. The molecule has 0 atom stereocenters. The van der Waals surface area contributed by atoms with Gasteiger partial charge >= 0.3 is 0 Å². The Labute approximate surface area is 91.4 Å². The number of nitrogens with zero attached hydrogens (tertiary/aromatic N) is 1. The Balaban J connectivity index is 2.29. The van der Waals surface area contributed by atoms with Gasteiger partial charge in [-0.15, -0.1) is 11.3 Å². The molecule has 0 aliphatic carbocycles. The fourth-order valence-electron chi connectivity index (χ4n) is 1.18. The van der Waals surface area contributed by atoms with Gasteiger partial charge in [-0.25, -0.2) is 0 Å². The summed E-state index contributed by atoms with van der Waals surface area (Å²) in [6, 6.07) is 5.24. The van der Waals surface area contributed by atoms with E-state index in [2.05, 4.69) is 4.98 Å². The predicted octanol–water partition coefficient (Wildman–Crippen LogP) is 2.38. The third-order valence-corrected chi connectivity index (χ3v) is 2.87. The van der Waals surface area contributed by atoms with Gasteiger partial charge in [-0.2, -0.15) is 0 Å². The van der Waals surface area contributed by atoms with Gasteiger partial charge < -0.3 is 4.74 Å². The number of thiophene rings is 1. The molecule has 0 fully saturated rings. The molecule has 0 saturated heterocycles. The summed E-state index contributed by atoms with van der Waals surface area (Å²) in [4.78, 5) is 16.5. The summed E-state index contributed by atoms with van der Waals surface area (Å²) in [5, 5.41) is 1.81. The summed E-state index contributed by atoms with van der Waals surface area (Å²) in [5.74, 6) is 0.698. The number of ketones is 1. The van der Waals surface area contributed by atoms with Crippen LogP contribution in [0, 0.1) is 0 Å². The first kappa shape index (κ1) is 9.86. The Bertz CT molecular complexity index is 464. The summed E-state index contributed by atoms with van der Waals surface area (Å²) in [6.45, 7) is 0. The van der Waals surface area contributed by atoms with Crippen LogP contribution in [-0.4, -0.2) is 17.9 Å². The summed E-state index contributed by atoms with van der Waals surface area (Å²) < 4.78 is 5.02. The highest BCUT2D eigenvalue weighted by atomic mass is 32.1. The molecule has 0 N–H and O–H groups in total. The zero-order chi connectivity index (χ0) is 10.7. The van der Waals surface area contributed by atoms with Crippen LogP contribution in [0.4, 0.5) is 0 Å². The maximum Gasteiger partial charge on any atom is 0.204 e. The van der Waals surface area contributed by atoms with E-state index in [1.165, 1.54) is 11.3 Å². The summed E-state index contributed by atoms with van der Waals surface area (Å²) >= 11 is 1.37. The van der Waals surface area contributed by atoms with Crippen LogP contribution in [-0.2, 0) is 0 Å². The van der Waals surface area contributed by atoms with E-state index in [4.69, 9.17) is 4.74 Å². The molecule has 0 aromatic carbocycles. The monoisotopic (exact) mass is 219 g/mol. The lowest BCUT2D eigenvalue weighted by atomic mass is 10.1. The Morgan fingerprint density at radius 2 is 2.40 bits per heavy atom. The van der Waals surface area contributed by atoms with E-state index < -0.39 is 0 Å². The molecule has 4 heteroatoms. The van der Waals surface area contributed by atoms with Crippen molar-refractivity contribution in [3.8, 4) is 5.75 Å². The first-order chi connectivity index (χ1) is 7.31. The SMILES string of the molecule is COc1csc(C(=O)c2cccnc2)c1. The lowest BCUT2D eigenvalue weighted by Gasteiger charge is -1.95. The molecule has 76 valence electrons. The van der Waals surface area contributed by atoms with E-state index in [1.807, 2.05) is 5.38 Å². The Kier molecular flexibility index (Phi) is 2.78. The van der Waals surface area contributed by atoms with E-state index >= 15 is 0 Å². The Morgan fingerprint density at radius 1 is 1.53 bits per heavy atom.